The second-order valence-electron chi connectivity index (χ2n) is 6.31. The van der Waals surface area contributed by atoms with Gasteiger partial charge in [-0.15, -0.1) is 12.4 Å². The zero-order valence-electron chi connectivity index (χ0n) is 14.8. The third-order valence-electron chi connectivity index (χ3n) is 4.72. The van der Waals surface area contributed by atoms with Crippen molar-refractivity contribution in [3.63, 3.8) is 0 Å². The molecule has 0 aliphatic carbocycles. The van der Waals surface area contributed by atoms with Gasteiger partial charge in [0.05, 0.1) is 17.3 Å². The molecule has 0 radical (unpaired) electrons. The summed E-state index contributed by atoms with van der Waals surface area (Å²) in [6.07, 6.45) is 2.90. The lowest BCUT2D eigenvalue weighted by molar-refractivity contribution is 0.439. The van der Waals surface area contributed by atoms with Crippen LogP contribution in [0.3, 0.4) is 0 Å². The smallest absolute Gasteiger partial charge is 0.258 e. The van der Waals surface area contributed by atoms with Gasteiger partial charge in [0.1, 0.15) is 4.90 Å². The molecule has 0 fully saturated rings. The summed E-state index contributed by atoms with van der Waals surface area (Å²) in [6.45, 7) is 3.04. The molecule has 0 amide bonds. The fraction of sp³-hybridized carbons (Fsp3) is 0.333. The van der Waals surface area contributed by atoms with Gasteiger partial charge >= 0.3 is 0 Å². The molecule has 2 N–H and O–H groups in total. The SMILES string of the molecule is CCc1noc2ncc(S(=O)(=O)NCC3NCCc4ccccc43)cc12.Cl. The Balaban J connectivity index is 0.00000210. The minimum atomic E-state index is -3.68. The number of hydrogen-bond donors (Lipinski definition) is 2. The van der Waals surface area contributed by atoms with Gasteiger partial charge in [0.15, 0.2) is 0 Å². The summed E-state index contributed by atoms with van der Waals surface area (Å²) in [7, 11) is -3.68. The maximum absolute atomic E-state index is 12.7. The zero-order valence-corrected chi connectivity index (χ0v) is 16.4. The number of halogens is 1. The van der Waals surface area contributed by atoms with E-state index in [1.54, 1.807) is 6.07 Å². The van der Waals surface area contributed by atoms with Crippen molar-refractivity contribution >= 4 is 33.5 Å². The van der Waals surface area contributed by atoms with Gasteiger partial charge in [-0.3, -0.25) is 0 Å². The zero-order chi connectivity index (χ0) is 18.1. The monoisotopic (exact) mass is 408 g/mol. The second kappa shape index (κ2) is 7.93. The highest BCUT2D eigenvalue weighted by Gasteiger charge is 2.23. The minimum Gasteiger partial charge on any atom is -0.336 e. The standard InChI is InChI=1S/C18H20N4O3S.ClH/c1-2-16-15-9-13(10-20-18(15)25-22-16)26(23,24)21-11-17-14-6-4-3-5-12(14)7-8-19-17;/h3-6,9-10,17,19,21H,2,7-8,11H2,1H3;1H. The maximum atomic E-state index is 12.7. The lowest BCUT2D eigenvalue weighted by Gasteiger charge is -2.27. The first-order valence-corrected chi connectivity index (χ1v) is 10.1. The van der Waals surface area contributed by atoms with Crippen molar-refractivity contribution in [2.75, 3.05) is 13.1 Å². The quantitative estimate of drug-likeness (QED) is 0.672. The van der Waals surface area contributed by atoms with E-state index < -0.39 is 10.0 Å². The first kappa shape index (κ1) is 19.8. The van der Waals surface area contributed by atoms with Crippen LogP contribution in [-0.4, -0.2) is 31.6 Å². The molecule has 1 unspecified atom stereocenters. The summed E-state index contributed by atoms with van der Waals surface area (Å²) in [4.78, 5) is 4.20. The predicted molar refractivity (Wildman–Crippen MR) is 105 cm³/mol. The molecule has 2 aromatic heterocycles. The molecule has 9 heteroatoms. The molecule has 0 spiro atoms. The van der Waals surface area contributed by atoms with Gasteiger partial charge in [0.25, 0.3) is 5.71 Å². The fourth-order valence-corrected chi connectivity index (χ4v) is 4.33. The number of nitrogens with one attached hydrogen (secondary N) is 2. The molecule has 1 atom stereocenters. The van der Waals surface area contributed by atoms with E-state index in [9.17, 15) is 8.42 Å². The third-order valence-corrected chi connectivity index (χ3v) is 6.11. The average molecular weight is 409 g/mol. The Morgan fingerprint density at radius 3 is 2.96 bits per heavy atom. The van der Waals surface area contributed by atoms with Crippen LogP contribution in [-0.2, 0) is 22.9 Å². The molecule has 1 aromatic carbocycles. The Labute approximate surface area is 164 Å². The number of hydrogen-bond acceptors (Lipinski definition) is 6. The number of aryl methyl sites for hydroxylation is 1. The second-order valence-corrected chi connectivity index (χ2v) is 8.08. The fourth-order valence-electron chi connectivity index (χ4n) is 3.31. The lowest BCUT2D eigenvalue weighted by Crippen LogP contribution is -2.38. The lowest BCUT2D eigenvalue weighted by atomic mass is 9.95. The Bertz CT molecular complexity index is 1050. The molecule has 1 aliphatic rings. The van der Waals surface area contributed by atoms with E-state index in [0.717, 1.165) is 18.5 Å². The van der Waals surface area contributed by atoms with E-state index in [2.05, 4.69) is 26.2 Å². The Morgan fingerprint density at radius 2 is 2.15 bits per heavy atom. The van der Waals surface area contributed by atoms with Gasteiger partial charge in [0.2, 0.25) is 10.0 Å². The highest BCUT2D eigenvalue weighted by molar-refractivity contribution is 7.89. The summed E-state index contributed by atoms with van der Waals surface area (Å²) in [6, 6.07) is 9.64. The molecular formula is C18H21ClN4O3S. The van der Waals surface area contributed by atoms with Gasteiger partial charge in [-0.05, 0) is 36.6 Å². The summed E-state index contributed by atoms with van der Waals surface area (Å²) < 4.78 is 33.3. The molecular weight excluding hydrogens is 388 g/mol. The van der Waals surface area contributed by atoms with Crippen molar-refractivity contribution in [1.29, 1.82) is 0 Å². The molecule has 144 valence electrons. The van der Waals surface area contributed by atoms with E-state index in [0.29, 0.717) is 23.2 Å². The molecule has 0 saturated heterocycles. The summed E-state index contributed by atoms with van der Waals surface area (Å²) in [5, 5.41) is 7.93. The molecule has 7 nitrogen and oxygen atoms in total. The van der Waals surface area contributed by atoms with E-state index in [4.69, 9.17) is 4.52 Å². The number of aromatic nitrogens is 2. The topological polar surface area (TPSA) is 97.1 Å². The van der Waals surface area contributed by atoms with Gasteiger partial charge in [-0.1, -0.05) is 36.3 Å². The summed E-state index contributed by atoms with van der Waals surface area (Å²) in [5.74, 6) is 0. The first-order valence-electron chi connectivity index (χ1n) is 8.63. The number of rotatable bonds is 5. The molecule has 27 heavy (non-hydrogen) atoms. The number of pyridine rings is 1. The van der Waals surface area contributed by atoms with Gasteiger partial charge in [-0.25, -0.2) is 18.1 Å². The van der Waals surface area contributed by atoms with Crippen LogP contribution < -0.4 is 10.0 Å². The predicted octanol–water partition coefficient (Wildman–Crippen LogP) is 2.37. The summed E-state index contributed by atoms with van der Waals surface area (Å²) >= 11 is 0. The highest BCUT2D eigenvalue weighted by Crippen LogP contribution is 2.23. The summed E-state index contributed by atoms with van der Waals surface area (Å²) in [5.41, 5.74) is 3.45. The average Bonchev–Trinajstić information content (AvgIpc) is 3.08. The van der Waals surface area contributed by atoms with Crippen LogP contribution in [0.2, 0.25) is 0 Å². The molecule has 0 bridgehead atoms. The molecule has 3 heterocycles. The molecule has 4 rings (SSSR count). The number of sulfonamides is 1. The number of fused-ring (bicyclic) bond motifs is 2. The van der Waals surface area contributed by atoms with Crippen LogP contribution in [0, 0.1) is 0 Å². The van der Waals surface area contributed by atoms with Gasteiger partial charge < -0.3 is 9.84 Å². The Morgan fingerprint density at radius 1 is 1.33 bits per heavy atom. The van der Waals surface area contributed by atoms with Crippen LogP contribution in [0.1, 0.15) is 29.8 Å². The van der Waals surface area contributed by atoms with E-state index in [-0.39, 0.29) is 29.9 Å². The van der Waals surface area contributed by atoms with Crippen LogP contribution in [0.25, 0.3) is 11.1 Å². The van der Waals surface area contributed by atoms with Gasteiger partial charge in [0, 0.05) is 12.6 Å². The largest absolute Gasteiger partial charge is 0.336 e. The van der Waals surface area contributed by atoms with Crippen molar-refractivity contribution in [3.8, 4) is 0 Å². The molecule has 0 saturated carbocycles. The number of benzene rings is 1. The minimum absolute atomic E-state index is 0. The molecule has 3 aromatic rings. The molecule has 1 aliphatic heterocycles. The van der Waals surface area contributed by atoms with Gasteiger partial charge in [-0.2, -0.15) is 0 Å². The number of nitrogens with zero attached hydrogens (tertiary/aromatic N) is 2. The van der Waals surface area contributed by atoms with E-state index in [1.807, 2.05) is 25.1 Å². The Kier molecular flexibility index (Phi) is 5.81. The normalized spacial score (nSPS) is 16.7. The first-order chi connectivity index (χ1) is 12.6. The van der Waals surface area contributed by atoms with Crippen LogP contribution >= 0.6 is 12.4 Å². The van der Waals surface area contributed by atoms with Crippen LogP contribution in [0.5, 0.6) is 0 Å². The van der Waals surface area contributed by atoms with E-state index >= 15 is 0 Å². The third kappa shape index (κ3) is 3.84. The van der Waals surface area contributed by atoms with E-state index in [1.165, 1.54) is 11.8 Å². The highest BCUT2D eigenvalue weighted by atomic mass is 35.5. The van der Waals surface area contributed by atoms with Crippen molar-refractivity contribution in [2.45, 2.75) is 30.7 Å². The van der Waals surface area contributed by atoms with Crippen LogP contribution in [0.15, 0.2) is 45.9 Å². The van der Waals surface area contributed by atoms with Crippen molar-refractivity contribution < 1.29 is 12.9 Å². The van der Waals surface area contributed by atoms with Crippen molar-refractivity contribution in [2.24, 2.45) is 0 Å². The maximum Gasteiger partial charge on any atom is 0.258 e. The van der Waals surface area contributed by atoms with Crippen LogP contribution in [0.4, 0.5) is 0 Å². The van der Waals surface area contributed by atoms with Crippen molar-refractivity contribution in [1.82, 2.24) is 20.2 Å². The Hall–Kier alpha value is -2.00. The van der Waals surface area contributed by atoms with Crippen molar-refractivity contribution in [3.05, 3.63) is 53.3 Å².